The maximum atomic E-state index is 12.5. The minimum Gasteiger partial charge on any atom is -0.481 e. The van der Waals surface area contributed by atoms with Gasteiger partial charge in [-0.15, -0.1) is 0 Å². The number of hydrogen-bond donors (Lipinski definition) is 1. The first-order valence-electron chi connectivity index (χ1n) is 8.74. The van der Waals surface area contributed by atoms with E-state index in [0.29, 0.717) is 17.1 Å². The molecule has 6 nitrogen and oxygen atoms in total. The standard InChI is InChI=1S/C21H22N2O4S/c1-15(27-20-12-11-16-7-4-5-8-17(16)13-20)21(24)22-18-9-6-10-19(14-18)23(2)28(3,25)26/h4-15H,1-3H3,(H,22,24)/t15-/m1/s1. The molecule has 146 valence electrons. The van der Waals surface area contributed by atoms with Crippen molar-refractivity contribution in [3.8, 4) is 5.75 Å². The topological polar surface area (TPSA) is 75.7 Å². The smallest absolute Gasteiger partial charge is 0.265 e. The molecule has 0 aromatic heterocycles. The van der Waals surface area contributed by atoms with Gasteiger partial charge >= 0.3 is 0 Å². The molecule has 0 radical (unpaired) electrons. The molecule has 0 aliphatic rings. The zero-order chi connectivity index (χ0) is 20.3. The molecule has 1 N–H and O–H groups in total. The number of sulfonamides is 1. The van der Waals surface area contributed by atoms with Gasteiger partial charge in [0.2, 0.25) is 10.0 Å². The van der Waals surface area contributed by atoms with Gasteiger partial charge in [0.1, 0.15) is 5.75 Å². The quantitative estimate of drug-likeness (QED) is 0.688. The van der Waals surface area contributed by atoms with Gasteiger partial charge < -0.3 is 10.1 Å². The lowest BCUT2D eigenvalue weighted by atomic mass is 10.1. The average molecular weight is 398 g/mol. The van der Waals surface area contributed by atoms with Crippen molar-refractivity contribution < 1.29 is 17.9 Å². The van der Waals surface area contributed by atoms with E-state index in [-0.39, 0.29) is 5.91 Å². The number of carbonyl (C=O) groups excluding carboxylic acids is 1. The maximum Gasteiger partial charge on any atom is 0.265 e. The molecular formula is C21H22N2O4S. The minimum atomic E-state index is -3.38. The van der Waals surface area contributed by atoms with Crippen molar-refractivity contribution in [3.63, 3.8) is 0 Å². The molecule has 3 rings (SSSR count). The predicted octanol–water partition coefficient (Wildman–Crippen LogP) is 3.64. The van der Waals surface area contributed by atoms with E-state index in [4.69, 9.17) is 4.74 Å². The number of nitrogens with zero attached hydrogens (tertiary/aromatic N) is 1. The third-order valence-electron chi connectivity index (χ3n) is 4.38. The van der Waals surface area contributed by atoms with Crippen LogP contribution < -0.4 is 14.4 Å². The Morgan fingerprint density at radius 1 is 1.00 bits per heavy atom. The fourth-order valence-electron chi connectivity index (χ4n) is 2.71. The van der Waals surface area contributed by atoms with Crippen LogP contribution in [0, 0.1) is 0 Å². The van der Waals surface area contributed by atoms with Gasteiger partial charge in [-0.05, 0) is 48.0 Å². The molecule has 7 heteroatoms. The van der Waals surface area contributed by atoms with Crippen LogP contribution in [0.2, 0.25) is 0 Å². The van der Waals surface area contributed by atoms with Crippen molar-refractivity contribution in [2.24, 2.45) is 0 Å². The average Bonchev–Trinajstić information content (AvgIpc) is 2.66. The molecule has 28 heavy (non-hydrogen) atoms. The first kappa shape index (κ1) is 19.7. The number of hydrogen-bond acceptors (Lipinski definition) is 4. The predicted molar refractivity (Wildman–Crippen MR) is 112 cm³/mol. The normalized spacial score (nSPS) is 12.4. The number of benzene rings is 3. The van der Waals surface area contributed by atoms with Gasteiger partial charge in [-0.3, -0.25) is 9.10 Å². The third-order valence-corrected chi connectivity index (χ3v) is 5.58. The van der Waals surface area contributed by atoms with Crippen LogP contribution in [0.1, 0.15) is 6.92 Å². The molecule has 0 heterocycles. The van der Waals surface area contributed by atoms with Crippen LogP contribution in [0.15, 0.2) is 66.7 Å². The number of amides is 1. The highest BCUT2D eigenvalue weighted by Gasteiger charge is 2.17. The Balaban J connectivity index is 1.70. The lowest BCUT2D eigenvalue weighted by Gasteiger charge is -2.18. The largest absolute Gasteiger partial charge is 0.481 e. The number of carbonyl (C=O) groups is 1. The SMILES string of the molecule is C[C@@H](Oc1ccc2ccccc2c1)C(=O)Nc1cccc(N(C)S(C)(=O)=O)c1. The summed E-state index contributed by atoms with van der Waals surface area (Å²) in [5.41, 5.74) is 0.954. The first-order valence-corrected chi connectivity index (χ1v) is 10.6. The summed E-state index contributed by atoms with van der Waals surface area (Å²) in [5, 5.41) is 4.89. The van der Waals surface area contributed by atoms with Crippen molar-refractivity contribution in [2.75, 3.05) is 22.9 Å². The monoisotopic (exact) mass is 398 g/mol. The fraction of sp³-hybridized carbons (Fsp3) is 0.190. The Labute approximate surface area is 164 Å². The highest BCUT2D eigenvalue weighted by atomic mass is 32.2. The van der Waals surface area contributed by atoms with Gasteiger partial charge in [0, 0.05) is 12.7 Å². The number of nitrogens with one attached hydrogen (secondary N) is 1. The van der Waals surface area contributed by atoms with E-state index < -0.39 is 16.1 Å². The van der Waals surface area contributed by atoms with E-state index in [0.717, 1.165) is 21.3 Å². The Morgan fingerprint density at radius 2 is 1.71 bits per heavy atom. The maximum absolute atomic E-state index is 12.5. The number of rotatable bonds is 6. The van der Waals surface area contributed by atoms with Crippen LogP contribution in [-0.2, 0) is 14.8 Å². The van der Waals surface area contributed by atoms with Crippen LogP contribution in [0.25, 0.3) is 10.8 Å². The molecule has 0 saturated heterocycles. The second kappa shape index (κ2) is 7.90. The summed E-state index contributed by atoms with van der Waals surface area (Å²) in [6, 6.07) is 20.2. The van der Waals surface area contributed by atoms with E-state index in [1.54, 1.807) is 31.2 Å². The van der Waals surface area contributed by atoms with Crippen LogP contribution >= 0.6 is 0 Å². The minimum absolute atomic E-state index is 0.327. The summed E-state index contributed by atoms with van der Waals surface area (Å²) in [7, 11) is -1.92. The summed E-state index contributed by atoms with van der Waals surface area (Å²) in [6.45, 7) is 1.66. The zero-order valence-corrected chi connectivity index (χ0v) is 16.7. The molecule has 0 aliphatic heterocycles. The van der Waals surface area contributed by atoms with Crippen LogP contribution in [0.4, 0.5) is 11.4 Å². The second-order valence-electron chi connectivity index (χ2n) is 6.54. The van der Waals surface area contributed by atoms with E-state index >= 15 is 0 Å². The first-order chi connectivity index (χ1) is 13.2. The van der Waals surface area contributed by atoms with Crippen molar-refractivity contribution >= 4 is 38.1 Å². The fourth-order valence-corrected chi connectivity index (χ4v) is 3.21. The van der Waals surface area contributed by atoms with Gasteiger partial charge in [0.25, 0.3) is 5.91 Å². The lowest BCUT2D eigenvalue weighted by Crippen LogP contribution is -2.30. The second-order valence-corrected chi connectivity index (χ2v) is 8.55. The third kappa shape index (κ3) is 4.61. The summed E-state index contributed by atoms with van der Waals surface area (Å²) in [5.74, 6) is 0.277. The molecule has 0 unspecified atom stereocenters. The Hall–Kier alpha value is -3.06. The van der Waals surface area contributed by atoms with E-state index in [9.17, 15) is 13.2 Å². The van der Waals surface area contributed by atoms with Crippen LogP contribution in [0.3, 0.4) is 0 Å². The molecule has 1 atom stereocenters. The van der Waals surface area contributed by atoms with Gasteiger partial charge in [-0.2, -0.15) is 0 Å². The highest BCUT2D eigenvalue weighted by molar-refractivity contribution is 7.92. The zero-order valence-electron chi connectivity index (χ0n) is 15.9. The molecule has 0 bridgehead atoms. The summed E-state index contributed by atoms with van der Waals surface area (Å²) in [6.07, 6.45) is 0.398. The number of anilines is 2. The molecule has 0 fully saturated rings. The van der Waals surface area contributed by atoms with E-state index in [1.165, 1.54) is 7.05 Å². The van der Waals surface area contributed by atoms with Gasteiger partial charge in [-0.25, -0.2) is 8.42 Å². The molecule has 0 aliphatic carbocycles. The molecule has 0 saturated carbocycles. The van der Waals surface area contributed by atoms with E-state index in [1.807, 2.05) is 42.5 Å². The van der Waals surface area contributed by atoms with Gasteiger partial charge in [-0.1, -0.05) is 36.4 Å². The van der Waals surface area contributed by atoms with Crippen LogP contribution in [-0.4, -0.2) is 33.7 Å². The molecular weight excluding hydrogens is 376 g/mol. The Bertz CT molecular complexity index is 1110. The Morgan fingerprint density at radius 3 is 2.43 bits per heavy atom. The van der Waals surface area contributed by atoms with Crippen molar-refractivity contribution in [3.05, 3.63) is 66.7 Å². The Kier molecular flexibility index (Phi) is 5.56. The summed E-state index contributed by atoms with van der Waals surface area (Å²) < 4.78 is 30.3. The van der Waals surface area contributed by atoms with E-state index in [2.05, 4.69) is 5.32 Å². The summed E-state index contributed by atoms with van der Waals surface area (Å²) in [4.78, 5) is 12.5. The van der Waals surface area contributed by atoms with Crippen molar-refractivity contribution in [2.45, 2.75) is 13.0 Å². The lowest BCUT2D eigenvalue weighted by molar-refractivity contribution is -0.122. The summed E-state index contributed by atoms with van der Waals surface area (Å²) >= 11 is 0. The molecule has 3 aromatic rings. The van der Waals surface area contributed by atoms with Crippen LogP contribution in [0.5, 0.6) is 5.75 Å². The molecule has 0 spiro atoms. The van der Waals surface area contributed by atoms with Gasteiger partial charge in [0.15, 0.2) is 6.10 Å². The van der Waals surface area contributed by atoms with Crippen molar-refractivity contribution in [1.82, 2.24) is 0 Å². The number of fused-ring (bicyclic) bond motifs is 1. The van der Waals surface area contributed by atoms with Gasteiger partial charge in [0.05, 0.1) is 11.9 Å². The van der Waals surface area contributed by atoms with Crippen molar-refractivity contribution in [1.29, 1.82) is 0 Å². The highest BCUT2D eigenvalue weighted by Crippen LogP contribution is 2.23. The number of ether oxygens (including phenoxy) is 1. The molecule has 1 amide bonds. The molecule has 3 aromatic carbocycles.